The number of hydrogen-bond acceptors (Lipinski definition) is 5. The van der Waals surface area contributed by atoms with Crippen molar-refractivity contribution in [1.82, 2.24) is 9.29 Å². The number of sulfonamides is 1. The molecule has 1 heterocycles. The fraction of sp³-hybridized carbons (Fsp3) is 0.238. The van der Waals surface area contributed by atoms with E-state index in [1.54, 1.807) is 13.8 Å². The van der Waals surface area contributed by atoms with Crippen LogP contribution in [0.4, 0.5) is 0 Å². The number of ether oxygens (including phenoxy) is 1. The fourth-order valence-corrected chi connectivity index (χ4v) is 4.66. The Morgan fingerprint density at radius 3 is 2.52 bits per heavy atom. The molecule has 6 nitrogen and oxygen atoms in total. The van der Waals surface area contributed by atoms with Gasteiger partial charge in [-0.1, -0.05) is 49.7 Å². The summed E-state index contributed by atoms with van der Waals surface area (Å²) in [7, 11) is -3.66. The van der Waals surface area contributed by atoms with Crippen molar-refractivity contribution >= 4 is 38.5 Å². The van der Waals surface area contributed by atoms with Crippen LogP contribution in [0.3, 0.4) is 0 Å². The summed E-state index contributed by atoms with van der Waals surface area (Å²) in [5, 5.41) is 1.14. The predicted molar refractivity (Wildman–Crippen MR) is 112 cm³/mol. The Hall–Kier alpha value is -2.48. The van der Waals surface area contributed by atoms with Crippen molar-refractivity contribution in [2.24, 2.45) is 0 Å². The Morgan fingerprint density at radius 2 is 1.79 bits per heavy atom. The smallest absolute Gasteiger partial charge is 0.338 e. The standard InChI is InChI=1S/C21H21ClN2O4S/c1-3-24(4-2)29(26,27)18-10-7-9-16(13-18)21(25)28-14-17-12-15-8-5-6-11-19(15)23-20(17)22/h5-13H,3-4,14H2,1-2H3. The van der Waals surface area contributed by atoms with Crippen LogP contribution < -0.4 is 0 Å². The van der Waals surface area contributed by atoms with Crippen molar-refractivity contribution in [2.45, 2.75) is 25.3 Å². The number of fused-ring (bicyclic) bond motifs is 1. The first-order chi connectivity index (χ1) is 13.9. The lowest BCUT2D eigenvalue weighted by molar-refractivity contribution is 0.0472. The van der Waals surface area contributed by atoms with Crippen LogP contribution in [0.2, 0.25) is 5.15 Å². The van der Waals surface area contributed by atoms with E-state index in [9.17, 15) is 13.2 Å². The van der Waals surface area contributed by atoms with E-state index in [-0.39, 0.29) is 22.2 Å². The molecule has 0 spiro atoms. The zero-order valence-corrected chi connectivity index (χ0v) is 17.7. The van der Waals surface area contributed by atoms with Gasteiger partial charge in [0, 0.05) is 24.0 Å². The largest absolute Gasteiger partial charge is 0.457 e. The first-order valence-electron chi connectivity index (χ1n) is 9.18. The summed E-state index contributed by atoms with van der Waals surface area (Å²) in [6, 6.07) is 15.1. The minimum absolute atomic E-state index is 0.0565. The number of carbonyl (C=O) groups is 1. The third kappa shape index (κ3) is 4.58. The first-order valence-corrected chi connectivity index (χ1v) is 11.0. The van der Waals surface area contributed by atoms with Gasteiger partial charge in [0.25, 0.3) is 0 Å². The van der Waals surface area contributed by atoms with Gasteiger partial charge in [-0.2, -0.15) is 4.31 Å². The van der Waals surface area contributed by atoms with Gasteiger partial charge in [-0.25, -0.2) is 18.2 Å². The maximum atomic E-state index is 12.7. The van der Waals surface area contributed by atoms with Crippen molar-refractivity contribution in [3.63, 3.8) is 0 Å². The van der Waals surface area contributed by atoms with E-state index in [4.69, 9.17) is 16.3 Å². The molecular formula is C21H21ClN2O4S. The third-order valence-electron chi connectivity index (χ3n) is 4.52. The van der Waals surface area contributed by atoms with Crippen LogP contribution in [0.25, 0.3) is 10.9 Å². The highest BCUT2D eigenvalue weighted by molar-refractivity contribution is 7.89. The molecule has 152 valence electrons. The topological polar surface area (TPSA) is 76.6 Å². The SMILES string of the molecule is CCN(CC)S(=O)(=O)c1cccc(C(=O)OCc2cc3ccccc3nc2Cl)c1. The Morgan fingerprint density at radius 1 is 1.07 bits per heavy atom. The molecule has 0 saturated carbocycles. The van der Waals surface area contributed by atoms with E-state index in [1.165, 1.54) is 28.6 Å². The Labute approximate surface area is 175 Å². The van der Waals surface area contributed by atoms with Crippen LogP contribution >= 0.6 is 11.6 Å². The molecule has 0 unspecified atom stereocenters. The molecular weight excluding hydrogens is 412 g/mol. The number of pyridine rings is 1. The summed E-state index contributed by atoms with van der Waals surface area (Å²) >= 11 is 6.20. The van der Waals surface area contributed by atoms with Gasteiger partial charge >= 0.3 is 5.97 Å². The highest BCUT2D eigenvalue weighted by Crippen LogP contribution is 2.22. The van der Waals surface area contributed by atoms with E-state index in [0.717, 1.165) is 10.9 Å². The molecule has 0 N–H and O–H groups in total. The molecule has 0 bridgehead atoms. The zero-order valence-electron chi connectivity index (χ0n) is 16.1. The molecule has 3 aromatic rings. The van der Waals surface area contributed by atoms with Crippen LogP contribution in [-0.4, -0.2) is 36.8 Å². The molecule has 8 heteroatoms. The van der Waals surface area contributed by atoms with Crippen LogP contribution in [0.1, 0.15) is 29.8 Å². The Kier molecular flexibility index (Phi) is 6.52. The lowest BCUT2D eigenvalue weighted by Gasteiger charge is -2.18. The number of nitrogens with zero attached hydrogens (tertiary/aromatic N) is 2. The molecule has 0 atom stereocenters. The van der Waals surface area contributed by atoms with Crippen LogP contribution in [0.5, 0.6) is 0 Å². The van der Waals surface area contributed by atoms with E-state index < -0.39 is 16.0 Å². The quantitative estimate of drug-likeness (QED) is 0.411. The fourth-order valence-electron chi connectivity index (χ4n) is 2.96. The van der Waals surface area contributed by atoms with Crippen molar-refractivity contribution in [3.8, 4) is 0 Å². The van der Waals surface area contributed by atoms with E-state index >= 15 is 0 Å². The van der Waals surface area contributed by atoms with Crippen LogP contribution in [0.15, 0.2) is 59.5 Å². The average Bonchev–Trinajstić information content (AvgIpc) is 2.72. The summed E-state index contributed by atoms with van der Waals surface area (Å²) in [6.07, 6.45) is 0. The van der Waals surface area contributed by atoms with E-state index in [1.807, 2.05) is 30.3 Å². The van der Waals surface area contributed by atoms with Gasteiger partial charge in [0.1, 0.15) is 11.8 Å². The molecule has 0 aliphatic heterocycles. The molecule has 0 saturated heterocycles. The molecule has 0 fully saturated rings. The number of halogens is 1. The van der Waals surface area contributed by atoms with Gasteiger partial charge in [0.2, 0.25) is 10.0 Å². The molecule has 1 aromatic heterocycles. The van der Waals surface area contributed by atoms with Crippen molar-refractivity contribution in [3.05, 3.63) is 70.9 Å². The minimum atomic E-state index is -3.66. The molecule has 0 aliphatic carbocycles. The third-order valence-corrected chi connectivity index (χ3v) is 6.89. The summed E-state index contributed by atoms with van der Waals surface area (Å²) < 4.78 is 32.0. The number of para-hydroxylation sites is 1. The van der Waals surface area contributed by atoms with Crippen LogP contribution in [-0.2, 0) is 21.4 Å². The number of rotatable bonds is 7. The van der Waals surface area contributed by atoms with Gasteiger partial charge < -0.3 is 4.74 Å². The second kappa shape index (κ2) is 8.90. The number of hydrogen-bond donors (Lipinski definition) is 0. The van der Waals surface area contributed by atoms with Gasteiger partial charge in [-0.15, -0.1) is 0 Å². The van der Waals surface area contributed by atoms with Gasteiger partial charge in [0.05, 0.1) is 16.0 Å². The predicted octanol–water partition coefficient (Wildman–Crippen LogP) is 4.28. The van der Waals surface area contributed by atoms with Gasteiger partial charge in [0.15, 0.2) is 0 Å². The second-order valence-electron chi connectivity index (χ2n) is 6.32. The van der Waals surface area contributed by atoms with E-state index in [2.05, 4.69) is 4.98 Å². The van der Waals surface area contributed by atoms with E-state index in [0.29, 0.717) is 18.7 Å². The highest BCUT2D eigenvalue weighted by atomic mass is 35.5. The average molecular weight is 433 g/mol. The number of aromatic nitrogens is 1. The highest BCUT2D eigenvalue weighted by Gasteiger charge is 2.23. The maximum absolute atomic E-state index is 12.7. The monoisotopic (exact) mass is 432 g/mol. The van der Waals surface area contributed by atoms with Crippen LogP contribution in [0, 0.1) is 0 Å². The van der Waals surface area contributed by atoms with Crippen molar-refractivity contribution in [2.75, 3.05) is 13.1 Å². The summed E-state index contributed by atoms with van der Waals surface area (Å²) in [6.45, 7) is 4.16. The summed E-state index contributed by atoms with van der Waals surface area (Å²) in [5.74, 6) is -0.633. The van der Waals surface area contributed by atoms with Crippen molar-refractivity contribution < 1.29 is 17.9 Å². The van der Waals surface area contributed by atoms with Gasteiger partial charge in [-0.3, -0.25) is 0 Å². The minimum Gasteiger partial charge on any atom is -0.457 e. The summed E-state index contributed by atoms with van der Waals surface area (Å²) in [5.41, 5.74) is 1.48. The van der Waals surface area contributed by atoms with Gasteiger partial charge in [-0.05, 0) is 30.3 Å². The Balaban J connectivity index is 1.79. The van der Waals surface area contributed by atoms with Crippen molar-refractivity contribution in [1.29, 1.82) is 0 Å². The molecule has 0 aliphatic rings. The number of esters is 1. The lowest BCUT2D eigenvalue weighted by Crippen LogP contribution is -2.30. The summed E-state index contributed by atoms with van der Waals surface area (Å²) in [4.78, 5) is 16.8. The Bertz CT molecular complexity index is 1140. The lowest BCUT2D eigenvalue weighted by atomic mass is 10.1. The number of benzene rings is 2. The zero-order chi connectivity index (χ0) is 21.0. The first kappa shape index (κ1) is 21.2. The number of carbonyl (C=O) groups excluding carboxylic acids is 1. The molecule has 0 amide bonds. The molecule has 3 rings (SSSR count). The molecule has 2 aromatic carbocycles. The molecule has 0 radical (unpaired) electrons. The second-order valence-corrected chi connectivity index (χ2v) is 8.62. The molecule has 29 heavy (non-hydrogen) atoms. The normalized spacial score (nSPS) is 11.7. The maximum Gasteiger partial charge on any atom is 0.338 e.